The number of esters is 1. The van der Waals surface area contributed by atoms with E-state index in [0.717, 1.165) is 12.1 Å². The lowest BCUT2D eigenvalue weighted by Crippen LogP contribution is -2.37. The van der Waals surface area contributed by atoms with Crippen LogP contribution in [0.25, 0.3) is 0 Å². The van der Waals surface area contributed by atoms with Gasteiger partial charge < -0.3 is 9.64 Å². The number of carbonyl (C=O) groups is 1. The maximum absolute atomic E-state index is 13.2. The summed E-state index contributed by atoms with van der Waals surface area (Å²) in [7, 11) is 1.27. The van der Waals surface area contributed by atoms with Gasteiger partial charge in [0, 0.05) is 30.9 Å². The van der Waals surface area contributed by atoms with Gasteiger partial charge in [0.1, 0.15) is 0 Å². The van der Waals surface area contributed by atoms with E-state index in [0.29, 0.717) is 18.9 Å². The Kier molecular flexibility index (Phi) is 4.76. The number of ether oxygens (including phenoxy) is 1. The van der Waals surface area contributed by atoms with Crippen molar-refractivity contribution in [2.24, 2.45) is 5.92 Å². The molecule has 1 heterocycles. The zero-order chi connectivity index (χ0) is 17.2. The van der Waals surface area contributed by atoms with Gasteiger partial charge in [0.15, 0.2) is 0 Å². The number of rotatable bonds is 3. The molecule has 1 aromatic rings. The predicted octanol–water partition coefficient (Wildman–Crippen LogP) is 3.00. The van der Waals surface area contributed by atoms with Gasteiger partial charge in [-0.05, 0) is 18.9 Å². The third kappa shape index (κ3) is 3.72. The maximum atomic E-state index is 13.2. The van der Waals surface area contributed by atoms with Crippen molar-refractivity contribution in [3.63, 3.8) is 0 Å². The molecule has 1 aromatic carbocycles. The molecule has 0 radical (unpaired) electrons. The number of anilines is 1. The zero-order valence-corrected chi connectivity index (χ0v) is 12.3. The Labute approximate surface area is 130 Å². The van der Waals surface area contributed by atoms with Crippen LogP contribution in [0.5, 0.6) is 0 Å². The lowest BCUT2D eigenvalue weighted by Gasteiger charge is -2.33. The van der Waals surface area contributed by atoms with E-state index >= 15 is 0 Å². The third-order valence-electron chi connectivity index (χ3n) is 3.87. The van der Waals surface area contributed by atoms with Crippen LogP contribution in [0, 0.1) is 16.0 Å². The fourth-order valence-corrected chi connectivity index (χ4v) is 2.66. The number of hydrogen-bond acceptors (Lipinski definition) is 5. The third-order valence-corrected chi connectivity index (χ3v) is 3.87. The molecule has 0 spiro atoms. The van der Waals surface area contributed by atoms with Crippen molar-refractivity contribution in [1.29, 1.82) is 0 Å². The van der Waals surface area contributed by atoms with Gasteiger partial charge in [0.25, 0.3) is 5.69 Å². The Morgan fingerprint density at radius 1 is 1.35 bits per heavy atom. The molecule has 1 saturated heterocycles. The second-order valence-corrected chi connectivity index (χ2v) is 5.24. The Hall–Kier alpha value is -2.32. The van der Waals surface area contributed by atoms with E-state index in [9.17, 15) is 28.1 Å². The van der Waals surface area contributed by atoms with Gasteiger partial charge in [0.05, 0.1) is 23.5 Å². The SMILES string of the molecule is COC(=O)C1CCN(c2ccc([N+](=O)[O-])cc2C(F)(F)F)CC1. The number of non-ortho nitro benzene ring substituents is 1. The maximum Gasteiger partial charge on any atom is 0.418 e. The molecule has 0 bridgehead atoms. The Morgan fingerprint density at radius 2 is 1.96 bits per heavy atom. The molecule has 9 heteroatoms. The molecule has 0 amide bonds. The summed E-state index contributed by atoms with van der Waals surface area (Å²) in [5.74, 6) is -0.701. The Bertz CT molecular complexity index is 611. The van der Waals surface area contributed by atoms with Crippen molar-refractivity contribution in [2.75, 3.05) is 25.1 Å². The van der Waals surface area contributed by atoms with E-state index in [2.05, 4.69) is 4.74 Å². The van der Waals surface area contributed by atoms with E-state index in [-0.39, 0.29) is 30.7 Å². The molecule has 0 unspecified atom stereocenters. The fraction of sp³-hybridized carbons (Fsp3) is 0.500. The van der Waals surface area contributed by atoms with Gasteiger partial charge in [-0.1, -0.05) is 0 Å². The summed E-state index contributed by atoms with van der Waals surface area (Å²) < 4.78 is 44.2. The number of alkyl halides is 3. The minimum atomic E-state index is -4.69. The minimum Gasteiger partial charge on any atom is -0.469 e. The van der Waals surface area contributed by atoms with Gasteiger partial charge >= 0.3 is 12.1 Å². The number of nitro benzene ring substituents is 1. The normalized spacial score (nSPS) is 16.3. The molecule has 1 fully saturated rings. The first-order chi connectivity index (χ1) is 10.7. The van der Waals surface area contributed by atoms with Crippen LogP contribution in [0.3, 0.4) is 0 Å². The van der Waals surface area contributed by atoms with E-state index in [1.165, 1.54) is 12.0 Å². The average Bonchev–Trinajstić information content (AvgIpc) is 2.52. The molecule has 1 aliphatic heterocycles. The highest BCUT2D eigenvalue weighted by atomic mass is 19.4. The highest BCUT2D eigenvalue weighted by Crippen LogP contribution is 2.39. The molecule has 126 valence electrons. The summed E-state index contributed by atoms with van der Waals surface area (Å²) in [6, 6.07) is 2.71. The number of piperidine rings is 1. The van der Waals surface area contributed by atoms with Crippen LogP contribution in [0.1, 0.15) is 18.4 Å². The molecule has 0 saturated carbocycles. The molecule has 23 heavy (non-hydrogen) atoms. The molecule has 6 nitrogen and oxygen atoms in total. The van der Waals surface area contributed by atoms with Crippen LogP contribution in [0.15, 0.2) is 18.2 Å². The smallest absolute Gasteiger partial charge is 0.418 e. The first-order valence-corrected chi connectivity index (χ1v) is 6.92. The summed E-state index contributed by atoms with van der Waals surface area (Å²) >= 11 is 0. The summed E-state index contributed by atoms with van der Waals surface area (Å²) in [6.45, 7) is 0.501. The molecule has 1 aliphatic rings. The van der Waals surface area contributed by atoms with Gasteiger partial charge in [0.2, 0.25) is 0 Å². The fourth-order valence-electron chi connectivity index (χ4n) is 2.66. The van der Waals surface area contributed by atoms with Crippen molar-refractivity contribution in [3.05, 3.63) is 33.9 Å². The topological polar surface area (TPSA) is 72.7 Å². The largest absolute Gasteiger partial charge is 0.469 e. The molecule has 2 rings (SSSR count). The van der Waals surface area contributed by atoms with Crippen LogP contribution in [-0.2, 0) is 15.7 Å². The number of nitrogens with zero attached hydrogens (tertiary/aromatic N) is 2. The van der Waals surface area contributed by atoms with Crippen molar-refractivity contribution in [2.45, 2.75) is 19.0 Å². The minimum absolute atomic E-state index is 0.105. The summed E-state index contributed by atoms with van der Waals surface area (Å²) in [5.41, 5.74) is -1.75. The van der Waals surface area contributed by atoms with E-state index in [1.807, 2.05) is 0 Å². The average molecular weight is 332 g/mol. The van der Waals surface area contributed by atoms with Crippen molar-refractivity contribution in [1.82, 2.24) is 0 Å². The quantitative estimate of drug-likeness (QED) is 0.483. The number of halogens is 3. The monoisotopic (exact) mass is 332 g/mol. The van der Waals surface area contributed by atoms with Crippen molar-refractivity contribution >= 4 is 17.3 Å². The number of carbonyl (C=O) groups excluding carboxylic acids is 1. The van der Waals surface area contributed by atoms with Crippen molar-refractivity contribution in [3.8, 4) is 0 Å². The van der Waals surface area contributed by atoms with Gasteiger partial charge in [-0.25, -0.2) is 0 Å². The van der Waals surface area contributed by atoms with Crippen LogP contribution in [0.4, 0.5) is 24.5 Å². The first kappa shape index (κ1) is 17.0. The summed E-state index contributed by atoms with van der Waals surface area (Å²) in [6.07, 6.45) is -3.94. The van der Waals surface area contributed by atoms with Crippen LogP contribution < -0.4 is 4.90 Å². The van der Waals surface area contributed by atoms with Crippen LogP contribution >= 0.6 is 0 Å². The van der Waals surface area contributed by atoms with Gasteiger partial charge in [-0.15, -0.1) is 0 Å². The highest BCUT2D eigenvalue weighted by Gasteiger charge is 2.37. The Balaban J connectivity index is 2.26. The lowest BCUT2D eigenvalue weighted by molar-refractivity contribution is -0.385. The van der Waals surface area contributed by atoms with Crippen molar-refractivity contribution < 1.29 is 27.6 Å². The molecule has 0 aromatic heterocycles. The second-order valence-electron chi connectivity index (χ2n) is 5.24. The number of benzene rings is 1. The lowest BCUT2D eigenvalue weighted by atomic mass is 9.96. The predicted molar refractivity (Wildman–Crippen MR) is 75.1 cm³/mol. The standard InChI is InChI=1S/C14H15F3N2O4/c1-23-13(20)9-4-6-18(7-5-9)12-3-2-10(19(21)22)8-11(12)14(15,16)17/h2-3,8-9H,4-7H2,1H3. The second kappa shape index (κ2) is 6.43. The molecule has 0 N–H and O–H groups in total. The molecular formula is C14H15F3N2O4. The Morgan fingerprint density at radius 3 is 2.43 bits per heavy atom. The van der Waals surface area contributed by atoms with Crippen LogP contribution in [0.2, 0.25) is 0 Å². The number of nitro groups is 1. The molecular weight excluding hydrogens is 317 g/mol. The molecule has 0 aliphatic carbocycles. The first-order valence-electron chi connectivity index (χ1n) is 6.92. The summed E-state index contributed by atoms with van der Waals surface area (Å²) in [4.78, 5) is 22.8. The van der Waals surface area contributed by atoms with E-state index < -0.39 is 22.4 Å². The zero-order valence-electron chi connectivity index (χ0n) is 12.3. The highest BCUT2D eigenvalue weighted by molar-refractivity contribution is 5.73. The van der Waals surface area contributed by atoms with E-state index in [4.69, 9.17) is 0 Å². The summed E-state index contributed by atoms with van der Waals surface area (Å²) in [5, 5.41) is 10.7. The number of hydrogen-bond donors (Lipinski definition) is 0. The van der Waals surface area contributed by atoms with E-state index in [1.54, 1.807) is 0 Å². The number of methoxy groups -OCH3 is 1. The van der Waals surface area contributed by atoms with Gasteiger partial charge in [-0.2, -0.15) is 13.2 Å². The van der Waals surface area contributed by atoms with Gasteiger partial charge in [-0.3, -0.25) is 14.9 Å². The molecule has 0 atom stereocenters. The van der Waals surface area contributed by atoms with Crippen LogP contribution in [-0.4, -0.2) is 31.1 Å².